The van der Waals surface area contributed by atoms with E-state index in [0.29, 0.717) is 17.4 Å². The van der Waals surface area contributed by atoms with Crippen LogP contribution >= 0.6 is 11.6 Å². The van der Waals surface area contributed by atoms with Gasteiger partial charge in [0.1, 0.15) is 0 Å². The Hall–Kier alpha value is -1.06. The highest BCUT2D eigenvalue weighted by atomic mass is 35.5. The van der Waals surface area contributed by atoms with Crippen LogP contribution in [0.4, 0.5) is 0 Å². The average molecular weight is 281 g/mol. The van der Waals surface area contributed by atoms with Gasteiger partial charge >= 0.3 is 0 Å². The van der Waals surface area contributed by atoms with Gasteiger partial charge in [0.05, 0.1) is 6.42 Å². The second kappa shape index (κ2) is 6.92. The van der Waals surface area contributed by atoms with Crippen LogP contribution in [-0.2, 0) is 11.2 Å². The van der Waals surface area contributed by atoms with Gasteiger partial charge < -0.3 is 10.2 Å². The third kappa shape index (κ3) is 4.22. The summed E-state index contributed by atoms with van der Waals surface area (Å²) in [6, 6.07) is 7.55. The second-order valence-electron chi connectivity index (χ2n) is 5.24. The highest BCUT2D eigenvalue weighted by molar-refractivity contribution is 6.31. The number of piperidine rings is 1. The lowest BCUT2D eigenvalue weighted by Gasteiger charge is -2.27. The highest BCUT2D eigenvalue weighted by Gasteiger charge is 2.18. The molecular formula is C15H21ClN2O. The second-order valence-corrected chi connectivity index (χ2v) is 5.64. The fraction of sp³-hybridized carbons (Fsp3) is 0.533. The molecule has 4 heteroatoms. The molecule has 0 aromatic heterocycles. The van der Waals surface area contributed by atoms with Crippen molar-refractivity contribution in [1.29, 1.82) is 0 Å². The Morgan fingerprint density at radius 3 is 2.74 bits per heavy atom. The van der Waals surface area contributed by atoms with Crippen molar-refractivity contribution in [2.24, 2.45) is 5.92 Å². The number of nitrogens with one attached hydrogen (secondary N) is 1. The van der Waals surface area contributed by atoms with E-state index in [-0.39, 0.29) is 5.91 Å². The van der Waals surface area contributed by atoms with Crippen LogP contribution in [0.15, 0.2) is 24.3 Å². The molecule has 1 aliphatic rings. The first kappa shape index (κ1) is 14.4. The Bertz CT molecular complexity index is 430. The smallest absolute Gasteiger partial charge is 0.226 e. The highest BCUT2D eigenvalue weighted by Crippen LogP contribution is 2.17. The van der Waals surface area contributed by atoms with E-state index in [9.17, 15) is 4.79 Å². The Balaban J connectivity index is 1.87. The third-order valence-electron chi connectivity index (χ3n) is 3.72. The van der Waals surface area contributed by atoms with Gasteiger partial charge in [-0.05, 0) is 43.5 Å². The van der Waals surface area contributed by atoms with Gasteiger partial charge in [-0.15, -0.1) is 0 Å². The average Bonchev–Trinajstić information content (AvgIpc) is 2.42. The van der Waals surface area contributed by atoms with Crippen molar-refractivity contribution in [1.82, 2.24) is 10.2 Å². The van der Waals surface area contributed by atoms with E-state index in [4.69, 9.17) is 11.6 Å². The Morgan fingerprint density at radius 1 is 1.37 bits per heavy atom. The molecule has 1 fully saturated rings. The van der Waals surface area contributed by atoms with Crippen LogP contribution in [0.2, 0.25) is 5.02 Å². The summed E-state index contributed by atoms with van der Waals surface area (Å²) in [5.41, 5.74) is 0.909. The molecule has 1 aliphatic heterocycles. The summed E-state index contributed by atoms with van der Waals surface area (Å²) in [5, 5.41) is 4.02. The van der Waals surface area contributed by atoms with Crippen molar-refractivity contribution in [3.63, 3.8) is 0 Å². The van der Waals surface area contributed by atoms with Crippen molar-refractivity contribution in [3.05, 3.63) is 34.9 Å². The molecule has 0 spiro atoms. The molecular weight excluding hydrogens is 260 g/mol. The molecule has 0 aliphatic carbocycles. The van der Waals surface area contributed by atoms with E-state index < -0.39 is 0 Å². The molecule has 0 unspecified atom stereocenters. The fourth-order valence-corrected chi connectivity index (χ4v) is 2.70. The molecule has 1 amide bonds. The number of nitrogens with zero attached hydrogens (tertiary/aromatic N) is 1. The molecule has 0 bridgehead atoms. The van der Waals surface area contributed by atoms with Crippen LogP contribution in [0.25, 0.3) is 0 Å². The number of carbonyl (C=O) groups is 1. The molecule has 3 nitrogen and oxygen atoms in total. The monoisotopic (exact) mass is 280 g/mol. The third-order valence-corrected chi connectivity index (χ3v) is 4.08. The molecule has 1 aromatic rings. The molecule has 1 heterocycles. The molecule has 1 N–H and O–H groups in total. The minimum absolute atomic E-state index is 0.145. The van der Waals surface area contributed by atoms with Gasteiger partial charge in [-0.1, -0.05) is 29.8 Å². The molecule has 104 valence electrons. The number of carbonyl (C=O) groups excluding carboxylic acids is 1. The van der Waals surface area contributed by atoms with Crippen LogP contribution in [0.5, 0.6) is 0 Å². The van der Waals surface area contributed by atoms with Crippen LogP contribution in [-0.4, -0.2) is 37.5 Å². The van der Waals surface area contributed by atoms with Crippen LogP contribution < -0.4 is 5.32 Å². The van der Waals surface area contributed by atoms with E-state index in [1.54, 1.807) is 0 Å². The maximum atomic E-state index is 12.2. The van der Waals surface area contributed by atoms with Crippen molar-refractivity contribution in [2.75, 3.05) is 26.7 Å². The fourth-order valence-electron chi connectivity index (χ4n) is 2.49. The van der Waals surface area contributed by atoms with Gasteiger partial charge in [0.2, 0.25) is 5.91 Å². The van der Waals surface area contributed by atoms with Gasteiger partial charge in [0.25, 0.3) is 0 Å². The Labute approximate surface area is 119 Å². The van der Waals surface area contributed by atoms with Gasteiger partial charge in [-0.2, -0.15) is 0 Å². The Kier molecular flexibility index (Phi) is 5.23. The maximum absolute atomic E-state index is 12.2. The standard InChI is InChI=1S/C15H21ClN2O/c1-18(11-12-6-8-17-9-7-12)15(19)10-13-4-2-3-5-14(13)16/h2-5,12,17H,6-11H2,1H3. The maximum Gasteiger partial charge on any atom is 0.226 e. The largest absolute Gasteiger partial charge is 0.345 e. The SMILES string of the molecule is CN(CC1CCNCC1)C(=O)Cc1ccccc1Cl. The van der Waals surface area contributed by atoms with E-state index in [2.05, 4.69) is 5.32 Å². The number of halogens is 1. The first-order valence-electron chi connectivity index (χ1n) is 6.85. The lowest BCUT2D eigenvalue weighted by Crippen LogP contribution is -2.37. The zero-order valence-electron chi connectivity index (χ0n) is 11.4. The number of benzene rings is 1. The van der Waals surface area contributed by atoms with Gasteiger partial charge in [0, 0.05) is 18.6 Å². The molecule has 19 heavy (non-hydrogen) atoms. The number of rotatable bonds is 4. The minimum Gasteiger partial charge on any atom is -0.345 e. The number of likely N-dealkylation sites (N-methyl/N-ethyl adjacent to an activating group) is 1. The lowest BCUT2D eigenvalue weighted by atomic mass is 9.97. The summed E-state index contributed by atoms with van der Waals surface area (Å²) in [6.07, 6.45) is 2.70. The van der Waals surface area contributed by atoms with E-state index in [1.807, 2.05) is 36.2 Å². The number of amides is 1. The van der Waals surface area contributed by atoms with E-state index >= 15 is 0 Å². The zero-order chi connectivity index (χ0) is 13.7. The first-order chi connectivity index (χ1) is 9.16. The summed E-state index contributed by atoms with van der Waals surface area (Å²) in [7, 11) is 1.89. The van der Waals surface area contributed by atoms with Crippen LogP contribution in [0.3, 0.4) is 0 Å². The summed E-state index contributed by atoms with van der Waals surface area (Å²) in [6.45, 7) is 2.99. The quantitative estimate of drug-likeness (QED) is 0.918. The molecule has 2 rings (SSSR count). The van der Waals surface area contributed by atoms with Crippen molar-refractivity contribution >= 4 is 17.5 Å². The predicted octanol–water partition coefficient (Wildman–Crippen LogP) is 2.34. The zero-order valence-corrected chi connectivity index (χ0v) is 12.1. The lowest BCUT2D eigenvalue weighted by molar-refractivity contribution is -0.129. The molecule has 0 atom stereocenters. The van der Waals surface area contributed by atoms with Crippen molar-refractivity contribution < 1.29 is 4.79 Å². The normalized spacial score (nSPS) is 16.3. The number of hydrogen-bond acceptors (Lipinski definition) is 2. The number of hydrogen-bond donors (Lipinski definition) is 1. The van der Waals surface area contributed by atoms with Gasteiger partial charge in [-0.25, -0.2) is 0 Å². The van der Waals surface area contributed by atoms with Gasteiger partial charge in [-0.3, -0.25) is 4.79 Å². The van der Waals surface area contributed by atoms with E-state index in [0.717, 1.165) is 38.0 Å². The summed E-state index contributed by atoms with van der Waals surface area (Å²) in [5.74, 6) is 0.771. The summed E-state index contributed by atoms with van der Waals surface area (Å²) in [4.78, 5) is 14.0. The van der Waals surface area contributed by atoms with E-state index in [1.165, 1.54) is 0 Å². The summed E-state index contributed by atoms with van der Waals surface area (Å²) < 4.78 is 0. The minimum atomic E-state index is 0.145. The first-order valence-corrected chi connectivity index (χ1v) is 7.22. The van der Waals surface area contributed by atoms with Crippen LogP contribution in [0, 0.1) is 5.92 Å². The van der Waals surface area contributed by atoms with Crippen molar-refractivity contribution in [3.8, 4) is 0 Å². The van der Waals surface area contributed by atoms with Crippen molar-refractivity contribution in [2.45, 2.75) is 19.3 Å². The van der Waals surface area contributed by atoms with Gasteiger partial charge in [0.15, 0.2) is 0 Å². The molecule has 1 saturated heterocycles. The molecule has 1 aromatic carbocycles. The summed E-state index contributed by atoms with van der Waals surface area (Å²) >= 11 is 6.09. The molecule has 0 saturated carbocycles. The molecule has 0 radical (unpaired) electrons. The van der Waals surface area contributed by atoms with Crippen LogP contribution in [0.1, 0.15) is 18.4 Å². The Morgan fingerprint density at radius 2 is 2.05 bits per heavy atom. The predicted molar refractivity (Wildman–Crippen MR) is 78.4 cm³/mol. The topological polar surface area (TPSA) is 32.3 Å².